The number of nitrogens with zero attached hydrogens (tertiary/aromatic N) is 1. The van der Waals surface area contributed by atoms with E-state index < -0.39 is 0 Å². The maximum absolute atomic E-state index is 3.33. The minimum absolute atomic E-state index is 1.01. The maximum atomic E-state index is 3.33. The molecule has 1 saturated carbocycles. The first-order valence-corrected chi connectivity index (χ1v) is 5.20. The van der Waals surface area contributed by atoms with Crippen molar-refractivity contribution >= 4 is 0 Å². The Bertz CT molecular complexity index is 106. The molecule has 0 radical (unpaired) electrons. The van der Waals surface area contributed by atoms with Gasteiger partial charge in [-0.2, -0.15) is 0 Å². The van der Waals surface area contributed by atoms with Crippen LogP contribution < -0.4 is 5.43 Å². The summed E-state index contributed by atoms with van der Waals surface area (Å²) in [6.45, 7) is 1.15. The van der Waals surface area contributed by atoms with Crippen LogP contribution in [-0.4, -0.2) is 25.6 Å². The third kappa shape index (κ3) is 4.07. The van der Waals surface area contributed by atoms with Crippen molar-refractivity contribution < 1.29 is 0 Å². The van der Waals surface area contributed by atoms with Gasteiger partial charge in [-0.15, -0.1) is 0 Å². The number of nitrogens with one attached hydrogen (secondary N) is 1. The fourth-order valence-electron chi connectivity index (χ4n) is 1.97. The quantitative estimate of drug-likeness (QED) is 0.649. The second-order valence-electron chi connectivity index (χ2n) is 4.10. The van der Waals surface area contributed by atoms with Crippen molar-refractivity contribution in [3.63, 3.8) is 0 Å². The predicted octanol–water partition coefficient (Wildman–Crippen LogP) is 2.02. The molecule has 1 fully saturated rings. The van der Waals surface area contributed by atoms with Crippen LogP contribution in [0.15, 0.2) is 0 Å². The number of hydrogen-bond acceptors (Lipinski definition) is 2. The molecule has 72 valence electrons. The lowest BCUT2D eigenvalue weighted by molar-refractivity contribution is 0.257. The molecule has 0 aromatic carbocycles. The van der Waals surface area contributed by atoms with Crippen LogP contribution in [0.4, 0.5) is 0 Å². The Balaban J connectivity index is 1.98. The Morgan fingerprint density at radius 3 is 2.42 bits per heavy atom. The van der Waals surface area contributed by atoms with Gasteiger partial charge in [0, 0.05) is 20.6 Å². The highest BCUT2D eigenvalue weighted by Crippen LogP contribution is 2.25. The minimum atomic E-state index is 1.01. The van der Waals surface area contributed by atoms with E-state index in [1.54, 1.807) is 0 Å². The summed E-state index contributed by atoms with van der Waals surface area (Å²) < 4.78 is 0. The molecule has 1 rings (SSSR count). The van der Waals surface area contributed by atoms with Crippen molar-refractivity contribution in [2.45, 2.75) is 38.5 Å². The molecule has 1 aliphatic rings. The molecule has 0 unspecified atom stereocenters. The smallest absolute Gasteiger partial charge is 0.0105 e. The van der Waals surface area contributed by atoms with Gasteiger partial charge in [0.2, 0.25) is 0 Å². The van der Waals surface area contributed by atoms with Crippen LogP contribution in [0.25, 0.3) is 0 Å². The average molecular weight is 170 g/mol. The molecule has 0 heterocycles. The van der Waals surface area contributed by atoms with Gasteiger partial charge in [-0.25, -0.2) is 0 Å². The lowest BCUT2D eigenvalue weighted by Crippen LogP contribution is -2.32. The molecule has 1 N–H and O–H groups in total. The molecule has 0 aliphatic heterocycles. The highest BCUT2D eigenvalue weighted by molar-refractivity contribution is 4.66. The van der Waals surface area contributed by atoms with Crippen molar-refractivity contribution in [3.8, 4) is 0 Å². The van der Waals surface area contributed by atoms with Crippen LogP contribution in [0.5, 0.6) is 0 Å². The molecule has 2 heteroatoms. The van der Waals surface area contributed by atoms with E-state index in [-0.39, 0.29) is 0 Å². The van der Waals surface area contributed by atoms with Gasteiger partial charge in [0.05, 0.1) is 0 Å². The Kier molecular flexibility index (Phi) is 4.62. The van der Waals surface area contributed by atoms with Gasteiger partial charge >= 0.3 is 0 Å². The largest absolute Gasteiger partial charge is 0.256 e. The monoisotopic (exact) mass is 170 g/mol. The molecule has 0 bridgehead atoms. The van der Waals surface area contributed by atoms with Crippen LogP contribution >= 0.6 is 0 Å². The SMILES string of the molecule is CN(C)NCCC1CCCCC1. The molecule has 1 aliphatic carbocycles. The topological polar surface area (TPSA) is 15.3 Å². The summed E-state index contributed by atoms with van der Waals surface area (Å²) in [4.78, 5) is 0. The van der Waals surface area contributed by atoms with E-state index in [2.05, 4.69) is 19.5 Å². The number of hydrazine groups is 1. The normalized spacial score (nSPS) is 20.2. The maximum Gasteiger partial charge on any atom is 0.0105 e. The van der Waals surface area contributed by atoms with E-state index in [1.807, 2.05) is 5.01 Å². The van der Waals surface area contributed by atoms with Crippen LogP contribution in [0.1, 0.15) is 38.5 Å². The molecule has 0 spiro atoms. The fraction of sp³-hybridized carbons (Fsp3) is 1.00. The van der Waals surface area contributed by atoms with Gasteiger partial charge in [-0.05, 0) is 12.3 Å². The zero-order chi connectivity index (χ0) is 8.81. The molecule has 0 aromatic heterocycles. The standard InChI is InChI=1S/C10H22N2/c1-12(2)11-9-8-10-6-4-3-5-7-10/h10-11H,3-9H2,1-2H3. The Labute approximate surface area is 76.3 Å². The van der Waals surface area contributed by atoms with Gasteiger partial charge in [-0.1, -0.05) is 32.1 Å². The van der Waals surface area contributed by atoms with Crippen molar-refractivity contribution in [3.05, 3.63) is 0 Å². The third-order valence-electron chi connectivity index (χ3n) is 2.71. The van der Waals surface area contributed by atoms with E-state index in [9.17, 15) is 0 Å². The third-order valence-corrected chi connectivity index (χ3v) is 2.71. The van der Waals surface area contributed by atoms with Crippen molar-refractivity contribution in [1.29, 1.82) is 0 Å². The Morgan fingerprint density at radius 1 is 1.17 bits per heavy atom. The van der Waals surface area contributed by atoms with Crippen molar-refractivity contribution in [1.82, 2.24) is 10.4 Å². The zero-order valence-corrected chi connectivity index (χ0v) is 8.47. The van der Waals surface area contributed by atoms with Gasteiger partial charge in [0.25, 0.3) is 0 Å². The van der Waals surface area contributed by atoms with E-state index in [0.717, 1.165) is 12.5 Å². The summed E-state index contributed by atoms with van der Waals surface area (Å²) in [5, 5.41) is 2.04. The van der Waals surface area contributed by atoms with E-state index >= 15 is 0 Å². The second-order valence-corrected chi connectivity index (χ2v) is 4.10. The summed E-state index contributed by atoms with van der Waals surface area (Å²) in [6.07, 6.45) is 8.69. The lowest BCUT2D eigenvalue weighted by Gasteiger charge is -2.22. The molecule has 2 nitrogen and oxygen atoms in total. The summed E-state index contributed by atoms with van der Waals surface area (Å²) >= 11 is 0. The van der Waals surface area contributed by atoms with E-state index in [0.29, 0.717) is 0 Å². The number of hydrogen-bond donors (Lipinski definition) is 1. The highest BCUT2D eigenvalue weighted by atomic mass is 15.5. The van der Waals surface area contributed by atoms with Gasteiger partial charge < -0.3 is 0 Å². The van der Waals surface area contributed by atoms with E-state index in [4.69, 9.17) is 0 Å². The van der Waals surface area contributed by atoms with Crippen LogP contribution in [-0.2, 0) is 0 Å². The first-order chi connectivity index (χ1) is 5.79. The van der Waals surface area contributed by atoms with Crippen LogP contribution in [0.3, 0.4) is 0 Å². The van der Waals surface area contributed by atoms with Gasteiger partial charge in [-0.3, -0.25) is 10.4 Å². The Morgan fingerprint density at radius 2 is 1.83 bits per heavy atom. The van der Waals surface area contributed by atoms with E-state index in [1.165, 1.54) is 38.5 Å². The van der Waals surface area contributed by atoms with Gasteiger partial charge in [0.15, 0.2) is 0 Å². The molecule has 0 aromatic rings. The minimum Gasteiger partial charge on any atom is -0.256 e. The summed E-state index contributed by atoms with van der Waals surface area (Å²) in [5.74, 6) is 1.01. The summed E-state index contributed by atoms with van der Waals surface area (Å²) in [7, 11) is 4.11. The fourth-order valence-corrected chi connectivity index (χ4v) is 1.97. The first-order valence-electron chi connectivity index (χ1n) is 5.20. The number of rotatable bonds is 4. The van der Waals surface area contributed by atoms with Crippen LogP contribution in [0.2, 0.25) is 0 Å². The van der Waals surface area contributed by atoms with Gasteiger partial charge in [0.1, 0.15) is 0 Å². The summed E-state index contributed by atoms with van der Waals surface area (Å²) in [5.41, 5.74) is 3.33. The summed E-state index contributed by atoms with van der Waals surface area (Å²) in [6, 6.07) is 0. The molecular formula is C10H22N2. The second kappa shape index (κ2) is 5.55. The highest BCUT2D eigenvalue weighted by Gasteiger charge is 2.12. The molecule has 0 saturated heterocycles. The predicted molar refractivity (Wildman–Crippen MR) is 52.9 cm³/mol. The lowest BCUT2D eigenvalue weighted by atomic mass is 9.87. The van der Waals surface area contributed by atoms with Crippen molar-refractivity contribution in [2.24, 2.45) is 5.92 Å². The van der Waals surface area contributed by atoms with Crippen LogP contribution in [0, 0.1) is 5.92 Å². The molecule has 0 amide bonds. The molecular weight excluding hydrogens is 148 g/mol. The Hall–Kier alpha value is -0.0800. The molecule has 0 atom stereocenters. The zero-order valence-electron chi connectivity index (χ0n) is 8.47. The van der Waals surface area contributed by atoms with Crippen molar-refractivity contribution in [2.75, 3.05) is 20.6 Å². The molecule has 12 heavy (non-hydrogen) atoms. The first kappa shape index (κ1) is 10.0. The average Bonchev–Trinajstić information content (AvgIpc) is 2.05.